The summed E-state index contributed by atoms with van der Waals surface area (Å²) < 4.78 is 36.0. The van der Waals surface area contributed by atoms with Crippen LogP contribution in [0.15, 0.2) is 39.7 Å². The lowest BCUT2D eigenvalue weighted by Crippen LogP contribution is -2.36. The predicted octanol–water partition coefficient (Wildman–Crippen LogP) is 3.97. The van der Waals surface area contributed by atoms with E-state index in [1.54, 1.807) is 13.8 Å². The van der Waals surface area contributed by atoms with Crippen LogP contribution in [0.2, 0.25) is 0 Å². The summed E-state index contributed by atoms with van der Waals surface area (Å²) >= 11 is 0. The molecule has 5 rings (SSSR count). The van der Waals surface area contributed by atoms with Crippen LogP contribution in [0.1, 0.15) is 31.1 Å². The van der Waals surface area contributed by atoms with Gasteiger partial charge < -0.3 is 14.6 Å². The number of oxazole rings is 1. The Morgan fingerprint density at radius 2 is 1.97 bits per heavy atom. The third kappa shape index (κ3) is 5.09. The molecule has 4 aromatic rings. The average molecular weight is 510 g/mol. The Hall–Kier alpha value is -3.70. The molecule has 1 aromatic carbocycles. The Balaban J connectivity index is 1.41. The third-order valence-electron chi connectivity index (χ3n) is 6.43. The largest absolute Gasteiger partial charge is 0.420 e. The first kappa shape index (κ1) is 25.0. The molecule has 1 N–H and O–H groups in total. The van der Waals surface area contributed by atoms with Gasteiger partial charge in [-0.05, 0) is 51.7 Å². The van der Waals surface area contributed by atoms with Crippen LogP contribution in [0.5, 0.6) is 0 Å². The van der Waals surface area contributed by atoms with E-state index in [1.807, 2.05) is 12.1 Å². The van der Waals surface area contributed by atoms with E-state index in [0.29, 0.717) is 5.82 Å². The quantitative estimate of drug-likeness (QED) is 0.400. The fourth-order valence-corrected chi connectivity index (χ4v) is 4.54. The van der Waals surface area contributed by atoms with Gasteiger partial charge in [-0.1, -0.05) is 6.07 Å². The summed E-state index contributed by atoms with van der Waals surface area (Å²) in [6, 6.07) is 6.21. The van der Waals surface area contributed by atoms with E-state index in [0.717, 1.165) is 50.6 Å². The topological polar surface area (TPSA) is 92.3 Å². The van der Waals surface area contributed by atoms with Crippen LogP contribution in [0.25, 0.3) is 22.4 Å². The van der Waals surface area contributed by atoms with Crippen molar-refractivity contribution in [2.75, 3.05) is 39.0 Å². The van der Waals surface area contributed by atoms with Crippen molar-refractivity contribution < 1.29 is 13.2 Å². The van der Waals surface area contributed by atoms with Crippen LogP contribution in [-0.2, 0) is 13.0 Å². The van der Waals surface area contributed by atoms with Crippen LogP contribution in [0.3, 0.4) is 0 Å². The molecule has 1 aliphatic heterocycles. The van der Waals surface area contributed by atoms with Crippen LogP contribution in [0.4, 0.5) is 20.5 Å². The number of hydrogen-bond donors (Lipinski definition) is 1. The van der Waals surface area contributed by atoms with Crippen molar-refractivity contribution in [1.29, 1.82) is 0 Å². The number of anilines is 2. The smallest absolute Gasteiger partial charge is 0.405 e. The lowest BCUT2D eigenvalue weighted by atomic mass is 10.1. The molecule has 0 radical (unpaired) electrons. The lowest BCUT2D eigenvalue weighted by Gasteiger charge is -2.29. The second-order valence-corrected chi connectivity index (χ2v) is 9.78. The molecule has 11 heteroatoms. The zero-order chi connectivity index (χ0) is 26.3. The first-order chi connectivity index (χ1) is 17.7. The van der Waals surface area contributed by atoms with Crippen molar-refractivity contribution in [1.82, 2.24) is 29.3 Å². The van der Waals surface area contributed by atoms with Crippen molar-refractivity contribution >= 4 is 22.9 Å². The van der Waals surface area contributed by atoms with Crippen molar-refractivity contribution in [2.24, 2.45) is 0 Å². The number of rotatable bonds is 7. The molecule has 0 aliphatic carbocycles. The highest BCUT2D eigenvalue weighted by Gasteiger charge is 2.21. The van der Waals surface area contributed by atoms with Crippen LogP contribution < -0.4 is 11.1 Å². The second-order valence-electron chi connectivity index (χ2n) is 9.78. The molecular weight excluding hydrogens is 480 g/mol. The Kier molecular flexibility index (Phi) is 6.74. The summed E-state index contributed by atoms with van der Waals surface area (Å²) in [4.78, 5) is 29.8. The van der Waals surface area contributed by atoms with Gasteiger partial charge in [0.15, 0.2) is 17.2 Å². The van der Waals surface area contributed by atoms with Crippen molar-refractivity contribution in [3.8, 4) is 11.3 Å². The van der Waals surface area contributed by atoms with Gasteiger partial charge in [0.2, 0.25) is 5.95 Å². The first-order valence-corrected chi connectivity index (χ1v) is 12.2. The van der Waals surface area contributed by atoms with E-state index < -0.39 is 17.4 Å². The van der Waals surface area contributed by atoms with Gasteiger partial charge in [-0.25, -0.2) is 28.5 Å². The van der Waals surface area contributed by atoms with Gasteiger partial charge in [-0.2, -0.15) is 0 Å². The van der Waals surface area contributed by atoms with E-state index in [9.17, 15) is 13.6 Å². The number of nitrogens with zero attached hydrogens (tertiary/aromatic N) is 6. The number of hydrogen-bond acceptors (Lipinski definition) is 8. The number of pyridine rings is 1. The maximum Gasteiger partial charge on any atom is 0.420 e. The van der Waals surface area contributed by atoms with Crippen molar-refractivity contribution in [3.05, 3.63) is 63.9 Å². The molecule has 0 amide bonds. The molecule has 194 valence electrons. The fraction of sp³-hybridized carbons (Fsp3) is 0.385. The Bertz CT molecular complexity index is 1510. The van der Waals surface area contributed by atoms with E-state index in [2.05, 4.69) is 39.2 Å². The predicted molar refractivity (Wildman–Crippen MR) is 137 cm³/mol. The maximum atomic E-state index is 14.8. The standard InChI is InChI=1S/C26H29F2N7O2/c1-15(2)35-21-12-17(11-18(27)24(21)37-26(35)36)23-19(28)13-29-25(32-23)31-22-6-5-16-14-34(10-9-33(3)4)8-7-20(16)30-22/h5-6,11-13,15H,7-10,14H2,1-4H3,(H,29,30,31,32). The van der Waals surface area contributed by atoms with Gasteiger partial charge in [0.25, 0.3) is 0 Å². The number of likely N-dealkylation sites (N-methyl/N-ethyl adjacent to an activating group) is 1. The van der Waals surface area contributed by atoms with Gasteiger partial charge in [-0.15, -0.1) is 0 Å². The SMILES string of the molecule is CC(C)n1c(=O)oc2c(F)cc(-c3nc(Nc4ccc5c(n4)CCN(CCN(C)C)C5)ncc3F)cc21. The van der Waals surface area contributed by atoms with E-state index in [1.165, 1.54) is 16.2 Å². The summed E-state index contributed by atoms with van der Waals surface area (Å²) in [5, 5.41) is 3.04. The number of benzene rings is 1. The number of aromatic nitrogens is 4. The van der Waals surface area contributed by atoms with Gasteiger partial charge in [0.05, 0.1) is 11.7 Å². The summed E-state index contributed by atoms with van der Waals surface area (Å²) in [6.07, 6.45) is 1.86. The van der Waals surface area contributed by atoms with Gasteiger partial charge in [0, 0.05) is 49.9 Å². The Morgan fingerprint density at radius 3 is 2.73 bits per heavy atom. The fourth-order valence-electron chi connectivity index (χ4n) is 4.54. The van der Waals surface area contributed by atoms with Gasteiger partial charge in [-0.3, -0.25) is 9.47 Å². The minimum Gasteiger partial charge on any atom is -0.405 e. The molecule has 0 bridgehead atoms. The molecule has 9 nitrogen and oxygen atoms in total. The zero-order valence-electron chi connectivity index (χ0n) is 21.3. The zero-order valence-corrected chi connectivity index (χ0v) is 21.3. The van der Waals surface area contributed by atoms with Gasteiger partial charge in [0.1, 0.15) is 11.5 Å². The third-order valence-corrected chi connectivity index (χ3v) is 6.43. The molecule has 0 spiro atoms. The summed E-state index contributed by atoms with van der Waals surface area (Å²) in [6.45, 7) is 7.33. The molecule has 3 aromatic heterocycles. The molecule has 0 fully saturated rings. The van der Waals surface area contributed by atoms with Crippen LogP contribution in [-0.4, -0.2) is 63.0 Å². The second kappa shape index (κ2) is 9.98. The lowest BCUT2D eigenvalue weighted by molar-refractivity contribution is 0.224. The summed E-state index contributed by atoms with van der Waals surface area (Å²) in [5.41, 5.74) is 2.31. The highest BCUT2D eigenvalue weighted by atomic mass is 19.1. The number of fused-ring (bicyclic) bond motifs is 2. The van der Waals surface area contributed by atoms with E-state index in [-0.39, 0.29) is 34.3 Å². The molecule has 37 heavy (non-hydrogen) atoms. The van der Waals surface area contributed by atoms with E-state index in [4.69, 9.17) is 9.40 Å². The molecule has 1 aliphatic rings. The summed E-state index contributed by atoms with van der Waals surface area (Å²) in [7, 11) is 4.13. The van der Waals surface area contributed by atoms with Crippen LogP contribution in [0, 0.1) is 11.6 Å². The minimum atomic E-state index is -0.771. The van der Waals surface area contributed by atoms with Crippen molar-refractivity contribution in [2.45, 2.75) is 32.9 Å². The first-order valence-electron chi connectivity index (χ1n) is 12.2. The minimum absolute atomic E-state index is 0.100. The molecule has 0 atom stereocenters. The highest BCUT2D eigenvalue weighted by molar-refractivity contribution is 5.81. The molecule has 0 unspecified atom stereocenters. The number of nitrogens with one attached hydrogen (secondary N) is 1. The van der Waals surface area contributed by atoms with Crippen LogP contribution >= 0.6 is 0 Å². The summed E-state index contributed by atoms with van der Waals surface area (Å²) in [5.74, 6) is -1.50. The molecule has 0 saturated carbocycles. The highest BCUT2D eigenvalue weighted by Crippen LogP contribution is 2.29. The number of halogens is 2. The van der Waals surface area contributed by atoms with Gasteiger partial charge >= 0.3 is 5.76 Å². The monoisotopic (exact) mass is 509 g/mol. The average Bonchev–Trinajstić information content (AvgIpc) is 3.20. The van der Waals surface area contributed by atoms with Crippen molar-refractivity contribution in [3.63, 3.8) is 0 Å². The molecule has 4 heterocycles. The van der Waals surface area contributed by atoms with E-state index >= 15 is 0 Å². The maximum absolute atomic E-state index is 14.8. The molecule has 0 saturated heterocycles. The Morgan fingerprint density at radius 1 is 1.16 bits per heavy atom. The molecular formula is C26H29F2N7O2. The Labute approximate surface area is 212 Å². The normalized spacial score (nSPS) is 14.1.